The van der Waals surface area contributed by atoms with Gasteiger partial charge in [0.1, 0.15) is 23.6 Å². The molecule has 1 heterocycles. The van der Waals surface area contributed by atoms with Crippen molar-refractivity contribution in [1.82, 2.24) is 4.98 Å². The van der Waals surface area contributed by atoms with Crippen LogP contribution in [-0.4, -0.2) is 12.1 Å². The minimum atomic E-state index is 0.479. The van der Waals surface area contributed by atoms with Crippen LogP contribution in [0.25, 0.3) is 10.9 Å². The van der Waals surface area contributed by atoms with Crippen LogP contribution < -0.4 is 9.47 Å². The van der Waals surface area contributed by atoms with Gasteiger partial charge in [-0.1, -0.05) is 18.2 Å². The predicted molar refractivity (Wildman–Crippen MR) is 86.3 cm³/mol. The van der Waals surface area contributed by atoms with E-state index in [0.29, 0.717) is 6.61 Å². The lowest BCUT2D eigenvalue weighted by molar-refractivity contribution is 0.308. The van der Waals surface area contributed by atoms with Gasteiger partial charge in [0.15, 0.2) is 0 Å². The highest BCUT2D eigenvalue weighted by Crippen LogP contribution is 2.28. The van der Waals surface area contributed by atoms with Crippen molar-refractivity contribution in [2.75, 3.05) is 7.11 Å². The van der Waals surface area contributed by atoms with E-state index in [9.17, 15) is 0 Å². The molecule has 0 saturated carbocycles. The Morgan fingerprint density at radius 1 is 1.10 bits per heavy atom. The fraction of sp³-hybridized carbons (Fsp3) is 0.118. The van der Waals surface area contributed by atoms with Crippen LogP contribution in [0, 0.1) is 0 Å². The van der Waals surface area contributed by atoms with Crippen molar-refractivity contribution in [3.8, 4) is 11.5 Å². The Kier molecular flexibility index (Phi) is 3.97. The molecule has 0 bridgehead atoms. The summed E-state index contributed by atoms with van der Waals surface area (Å²) in [6, 6.07) is 15.6. The van der Waals surface area contributed by atoms with Crippen LogP contribution >= 0.6 is 12.6 Å². The Bertz CT molecular complexity index is 756. The largest absolute Gasteiger partial charge is 0.497 e. The van der Waals surface area contributed by atoms with Crippen LogP contribution in [0.3, 0.4) is 0 Å². The number of benzene rings is 2. The number of thiol groups is 1. The zero-order valence-electron chi connectivity index (χ0n) is 11.6. The molecule has 0 unspecified atom stereocenters. The average molecular weight is 297 g/mol. The lowest BCUT2D eigenvalue weighted by Crippen LogP contribution is -1.97. The maximum atomic E-state index is 5.91. The van der Waals surface area contributed by atoms with Crippen LogP contribution in [0.4, 0.5) is 0 Å². The standard InChI is InChI=1S/C17H15NO2S/c1-19-14-6-4-12(5-7-14)11-20-16-10-15(21)9-13-3-2-8-18-17(13)16/h2-10,21H,11H2,1H3. The Morgan fingerprint density at radius 2 is 1.90 bits per heavy atom. The highest BCUT2D eigenvalue weighted by atomic mass is 32.1. The van der Waals surface area contributed by atoms with E-state index in [1.54, 1.807) is 13.3 Å². The van der Waals surface area contributed by atoms with Gasteiger partial charge in [0.25, 0.3) is 0 Å². The average Bonchev–Trinajstić information content (AvgIpc) is 2.53. The molecule has 2 aromatic carbocycles. The maximum Gasteiger partial charge on any atom is 0.147 e. The number of ether oxygens (including phenoxy) is 2. The van der Waals surface area contributed by atoms with Gasteiger partial charge in [-0.3, -0.25) is 4.98 Å². The summed E-state index contributed by atoms with van der Waals surface area (Å²) in [5.74, 6) is 1.58. The first-order valence-electron chi connectivity index (χ1n) is 6.60. The van der Waals surface area contributed by atoms with E-state index in [0.717, 1.165) is 32.9 Å². The van der Waals surface area contributed by atoms with E-state index in [2.05, 4.69) is 17.6 Å². The molecule has 3 aromatic rings. The molecule has 21 heavy (non-hydrogen) atoms. The van der Waals surface area contributed by atoms with Crippen molar-refractivity contribution in [3.63, 3.8) is 0 Å². The minimum Gasteiger partial charge on any atom is -0.497 e. The first-order chi connectivity index (χ1) is 10.3. The fourth-order valence-electron chi connectivity index (χ4n) is 2.14. The number of nitrogens with zero attached hydrogens (tertiary/aromatic N) is 1. The van der Waals surface area contributed by atoms with Crippen LogP contribution in [0.2, 0.25) is 0 Å². The summed E-state index contributed by atoms with van der Waals surface area (Å²) in [7, 11) is 1.65. The quantitative estimate of drug-likeness (QED) is 0.735. The van der Waals surface area contributed by atoms with E-state index in [-0.39, 0.29) is 0 Å². The molecule has 0 atom stereocenters. The third-order valence-electron chi connectivity index (χ3n) is 3.21. The lowest BCUT2D eigenvalue weighted by atomic mass is 10.2. The monoisotopic (exact) mass is 297 g/mol. The second kappa shape index (κ2) is 6.06. The molecule has 0 N–H and O–H groups in total. The van der Waals surface area contributed by atoms with Crippen molar-refractivity contribution < 1.29 is 9.47 Å². The summed E-state index contributed by atoms with van der Waals surface area (Å²) in [5, 5.41) is 1.02. The number of fused-ring (bicyclic) bond motifs is 1. The van der Waals surface area contributed by atoms with E-state index in [4.69, 9.17) is 9.47 Å². The Balaban J connectivity index is 1.84. The number of rotatable bonds is 4. The molecular weight excluding hydrogens is 282 g/mol. The van der Waals surface area contributed by atoms with Gasteiger partial charge in [0.05, 0.1) is 7.11 Å². The molecule has 0 amide bonds. The molecule has 0 radical (unpaired) electrons. The molecular formula is C17H15NO2S. The smallest absolute Gasteiger partial charge is 0.147 e. The van der Waals surface area contributed by atoms with Gasteiger partial charge in [0.2, 0.25) is 0 Å². The van der Waals surface area contributed by atoms with Crippen molar-refractivity contribution in [3.05, 3.63) is 60.3 Å². The Labute approximate surface area is 129 Å². The van der Waals surface area contributed by atoms with Gasteiger partial charge < -0.3 is 9.47 Å². The summed E-state index contributed by atoms with van der Waals surface area (Å²) >= 11 is 4.41. The van der Waals surface area contributed by atoms with Gasteiger partial charge in [-0.2, -0.15) is 0 Å². The van der Waals surface area contributed by atoms with Gasteiger partial charge in [-0.15, -0.1) is 12.6 Å². The van der Waals surface area contributed by atoms with Crippen LogP contribution in [-0.2, 0) is 6.61 Å². The van der Waals surface area contributed by atoms with Gasteiger partial charge >= 0.3 is 0 Å². The SMILES string of the molecule is COc1ccc(COc2cc(S)cc3cccnc23)cc1. The summed E-state index contributed by atoms with van der Waals surface area (Å²) in [6.07, 6.45) is 1.76. The number of aromatic nitrogens is 1. The summed E-state index contributed by atoms with van der Waals surface area (Å²) in [5.41, 5.74) is 1.92. The topological polar surface area (TPSA) is 31.4 Å². The number of hydrogen-bond acceptors (Lipinski definition) is 4. The molecule has 0 aliphatic heterocycles. The van der Waals surface area contributed by atoms with Gasteiger partial charge in [-0.25, -0.2) is 0 Å². The molecule has 106 valence electrons. The van der Waals surface area contributed by atoms with Crippen molar-refractivity contribution in [1.29, 1.82) is 0 Å². The molecule has 4 heteroatoms. The molecule has 0 saturated heterocycles. The first kappa shape index (κ1) is 13.8. The molecule has 0 aliphatic rings. The Morgan fingerprint density at radius 3 is 2.67 bits per heavy atom. The third-order valence-corrected chi connectivity index (χ3v) is 3.47. The Hall–Kier alpha value is -2.20. The normalized spacial score (nSPS) is 10.6. The minimum absolute atomic E-state index is 0.479. The molecule has 0 fully saturated rings. The predicted octanol–water partition coefficient (Wildman–Crippen LogP) is 4.11. The van der Waals surface area contributed by atoms with Crippen LogP contribution in [0.1, 0.15) is 5.56 Å². The maximum absolute atomic E-state index is 5.91. The second-order valence-electron chi connectivity index (χ2n) is 4.66. The summed E-state index contributed by atoms with van der Waals surface area (Å²) < 4.78 is 11.1. The van der Waals surface area contributed by atoms with E-state index in [1.807, 2.05) is 48.5 Å². The van der Waals surface area contributed by atoms with Crippen molar-refractivity contribution in [2.45, 2.75) is 11.5 Å². The highest BCUT2D eigenvalue weighted by molar-refractivity contribution is 7.80. The van der Waals surface area contributed by atoms with E-state index in [1.165, 1.54) is 0 Å². The van der Waals surface area contributed by atoms with E-state index >= 15 is 0 Å². The second-order valence-corrected chi connectivity index (χ2v) is 5.17. The molecule has 3 nitrogen and oxygen atoms in total. The molecule has 0 aliphatic carbocycles. The van der Waals surface area contributed by atoms with Gasteiger partial charge in [-0.05, 0) is 35.9 Å². The number of hydrogen-bond donors (Lipinski definition) is 1. The summed E-state index contributed by atoms with van der Waals surface area (Å²) in [6.45, 7) is 0.479. The van der Waals surface area contributed by atoms with Crippen molar-refractivity contribution in [2.24, 2.45) is 0 Å². The number of methoxy groups -OCH3 is 1. The molecule has 3 rings (SSSR count). The summed E-state index contributed by atoms with van der Waals surface area (Å²) in [4.78, 5) is 5.24. The zero-order valence-corrected chi connectivity index (χ0v) is 12.5. The van der Waals surface area contributed by atoms with Gasteiger partial charge in [0, 0.05) is 16.5 Å². The fourth-order valence-corrected chi connectivity index (χ4v) is 2.39. The highest BCUT2D eigenvalue weighted by Gasteiger charge is 2.05. The van der Waals surface area contributed by atoms with E-state index < -0.39 is 0 Å². The first-order valence-corrected chi connectivity index (χ1v) is 7.04. The van der Waals surface area contributed by atoms with Crippen LogP contribution in [0.5, 0.6) is 11.5 Å². The molecule has 1 aromatic heterocycles. The van der Waals surface area contributed by atoms with Crippen molar-refractivity contribution >= 4 is 23.5 Å². The zero-order chi connectivity index (χ0) is 14.7. The lowest BCUT2D eigenvalue weighted by Gasteiger charge is -2.10. The number of pyridine rings is 1. The molecule has 0 spiro atoms. The third kappa shape index (κ3) is 3.11. The van der Waals surface area contributed by atoms with Crippen LogP contribution in [0.15, 0.2) is 59.6 Å².